The fourth-order valence-corrected chi connectivity index (χ4v) is 3.06. The fourth-order valence-electron chi connectivity index (χ4n) is 2.01. The zero-order valence-corrected chi connectivity index (χ0v) is 13.6. The first kappa shape index (κ1) is 16.4. The highest BCUT2D eigenvalue weighted by Crippen LogP contribution is 2.30. The molecule has 1 N–H and O–H groups in total. The molecule has 0 radical (unpaired) electrons. The first-order chi connectivity index (χ1) is 9.12. The molecule has 2 atom stereocenters. The number of rotatable bonds is 8. The van der Waals surface area contributed by atoms with Gasteiger partial charge in [0.15, 0.2) is 0 Å². The van der Waals surface area contributed by atoms with E-state index in [1.165, 1.54) is 17.5 Å². The Morgan fingerprint density at radius 3 is 2.63 bits per heavy atom. The molecule has 1 aromatic rings. The minimum atomic E-state index is 0.360. The summed E-state index contributed by atoms with van der Waals surface area (Å²) in [4.78, 5) is 0. The number of thioether (sulfide) groups is 1. The van der Waals surface area contributed by atoms with Crippen molar-refractivity contribution in [1.82, 2.24) is 5.32 Å². The van der Waals surface area contributed by atoms with E-state index < -0.39 is 0 Å². The molecule has 108 valence electrons. The average Bonchev–Trinajstić information content (AvgIpc) is 2.43. The van der Waals surface area contributed by atoms with E-state index in [0.29, 0.717) is 11.3 Å². The lowest BCUT2D eigenvalue weighted by Gasteiger charge is -2.22. The van der Waals surface area contributed by atoms with E-state index in [9.17, 15) is 0 Å². The molecule has 0 bridgehead atoms. The lowest BCUT2D eigenvalue weighted by atomic mass is 10.0. The van der Waals surface area contributed by atoms with E-state index in [1.807, 2.05) is 11.8 Å². The van der Waals surface area contributed by atoms with Gasteiger partial charge >= 0.3 is 0 Å². The van der Waals surface area contributed by atoms with Gasteiger partial charge in [-0.2, -0.15) is 11.8 Å². The molecule has 2 nitrogen and oxygen atoms in total. The predicted molar refractivity (Wildman–Crippen MR) is 86.4 cm³/mol. The number of ether oxygens (including phenoxy) is 1. The summed E-state index contributed by atoms with van der Waals surface area (Å²) >= 11 is 2.03. The third-order valence-corrected chi connectivity index (χ3v) is 4.76. The van der Waals surface area contributed by atoms with E-state index in [1.54, 1.807) is 7.11 Å². The molecular weight excluding hydrogens is 254 g/mol. The monoisotopic (exact) mass is 281 g/mol. The van der Waals surface area contributed by atoms with Crippen LogP contribution >= 0.6 is 11.8 Å². The number of methoxy groups -OCH3 is 1. The van der Waals surface area contributed by atoms with Crippen LogP contribution in [0.25, 0.3) is 0 Å². The molecule has 0 aromatic heterocycles. The van der Waals surface area contributed by atoms with Crippen molar-refractivity contribution in [2.24, 2.45) is 0 Å². The fraction of sp³-hybridized carbons (Fsp3) is 0.625. The molecule has 0 fully saturated rings. The average molecular weight is 281 g/mol. The molecule has 0 saturated heterocycles. The van der Waals surface area contributed by atoms with Gasteiger partial charge < -0.3 is 10.1 Å². The second kappa shape index (κ2) is 8.49. The van der Waals surface area contributed by atoms with Crippen LogP contribution in [0.15, 0.2) is 18.2 Å². The number of nitrogens with one attached hydrogen (secondary N) is 1. The molecule has 1 rings (SSSR count). The number of benzene rings is 1. The maximum absolute atomic E-state index is 5.51. The van der Waals surface area contributed by atoms with Crippen LogP contribution in [-0.2, 0) is 0 Å². The van der Waals surface area contributed by atoms with Gasteiger partial charge in [0.2, 0.25) is 0 Å². The first-order valence-electron chi connectivity index (χ1n) is 7.11. The molecule has 0 amide bonds. The molecule has 0 aliphatic carbocycles. The normalized spacial score (nSPS) is 14.2. The van der Waals surface area contributed by atoms with Crippen molar-refractivity contribution in [3.8, 4) is 5.75 Å². The van der Waals surface area contributed by atoms with Crippen LogP contribution in [0.5, 0.6) is 5.75 Å². The molecule has 0 heterocycles. The summed E-state index contributed by atoms with van der Waals surface area (Å²) in [5.74, 6) is 2.07. The van der Waals surface area contributed by atoms with Gasteiger partial charge in [0, 0.05) is 22.6 Å². The lowest BCUT2D eigenvalue weighted by molar-refractivity contribution is 0.403. The summed E-state index contributed by atoms with van der Waals surface area (Å²) in [5, 5.41) is 4.28. The Bertz CT molecular complexity index is 381. The summed E-state index contributed by atoms with van der Waals surface area (Å²) < 4.78 is 5.51. The molecule has 2 unspecified atom stereocenters. The molecule has 0 saturated carbocycles. The highest BCUT2D eigenvalue weighted by Gasteiger charge is 2.16. The zero-order valence-electron chi connectivity index (χ0n) is 12.8. The summed E-state index contributed by atoms with van der Waals surface area (Å²) in [6.45, 7) is 9.80. The molecular formula is C16H27NOS. The van der Waals surface area contributed by atoms with Crippen molar-refractivity contribution in [3.05, 3.63) is 29.3 Å². The zero-order chi connectivity index (χ0) is 14.3. The van der Waals surface area contributed by atoms with Gasteiger partial charge in [0.1, 0.15) is 5.75 Å². The topological polar surface area (TPSA) is 21.3 Å². The quantitative estimate of drug-likeness (QED) is 0.772. The molecule has 0 spiro atoms. The third-order valence-electron chi connectivity index (χ3n) is 3.33. The van der Waals surface area contributed by atoms with Crippen molar-refractivity contribution in [1.29, 1.82) is 0 Å². The number of hydrogen-bond donors (Lipinski definition) is 1. The van der Waals surface area contributed by atoms with Crippen molar-refractivity contribution < 1.29 is 4.74 Å². The SMILES string of the molecule is CCNC(CSC(C)CC)c1cc(C)ccc1OC. The van der Waals surface area contributed by atoms with Gasteiger partial charge in [-0.05, 0) is 26.0 Å². The van der Waals surface area contributed by atoms with Crippen molar-refractivity contribution >= 4 is 11.8 Å². The van der Waals surface area contributed by atoms with Gasteiger partial charge in [-0.15, -0.1) is 0 Å². The predicted octanol–water partition coefficient (Wildman–Crippen LogP) is 4.19. The van der Waals surface area contributed by atoms with Crippen LogP contribution in [0.4, 0.5) is 0 Å². The van der Waals surface area contributed by atoms with Crippen molar-refractivity contribution in [3.63, 3.8) is 0 Å². The van der Waals surface area contributed by atoms with Crippen LogP contribution in [0.2, 0.25) is 0 Å². The van der Waals surface area contributed by atoms with Crippen LogP contribution in [0.1, 0.15) is 44.4 Å². The third kappa shape index (κ3) is 5.07. The van der Waals surface area contributed by atoms with E-state index in [-0.39, 0.29) is 0 Å². The van der Waals surface area contributed by atoms with Crippen LogP contribution in [-0.4, -0.2) is 24.7 Å². The van der Waals surface area contributed by atoms with Crippen LogP contribution in [0, 0.1) is 6.92 Å². The minimum Gasteiger partial charge on any atom is -0.496 e. The Kier molecular flexibility index (Phi) is 7.32. The summed E-state index contributed by atoms with van der Waals surface area (Å²) in [5.41, 5.74) is 2.56. The second-order valence-electron chi connectivity index (χ2n) is 4.91. The van der Waals surface area contributed by atoms with Gasteiger partial charge in [-0.25, -0.2) is 0 Å². The standard InChI is InChI=1S/C16H27NOS/c1-6-13(4)19-11-15(17-7-2)14-10-12(3)8-9-16(14)18-5/h8-10,13,15,17H,6-7,11H2,1-5H3. The van der Waals surface area contributed by atoms with Gasteiger partial charge in [0.05, 0.1) is 7.11 Å². The van der Waals surface area contributed by atoms with Crippen molar-refractivity contribution in [2.45, 2.75) is 45.4 Å². The van der Waals surface area contributed by atoms with Gasteiger partial charge in [-0.1, -0.05) is 38.5 Å². The summed E-state index contributed by atoms with van der Waals surface area (Å²) in [6.07, 6.45) is 1.22. The summed E-state index contributed by atoms with van der Waals surface area (Å²) in [6, 6.07) is 6.78. The van der Waals surface area contributed by atoms with E-state index in [0.717, 1.165) is 18.0 Å². The Morgan fingerprint density at radius 1 is 1.32 bits per heavy atom. The smallest absolute Gasteiger partial charge is 0.123 e. The lowest BCUT2D eigenvalue weighted by Crippen LogP contribution is -2.24. The number of aryl methyl sites for hydroxylation is 1. The Labute approximate surface area is 122 Å². The molecule has 0 aliphatic rings. The maximum atomic E-state index is 5.51. The Balaban J connectivity index is 2.87. The summed E-state index contributed by atoms with van der Waals surface area (Å²) in [7, 11) is 1.75. The highest BCUT2D eigenvalue weighted by molar-refractivity contribution is 7.99. The Morgan fingerprint density at radius 2 is 2.05 bits per heavy atom. The van der Waals surface area contributed by atoms with Crippen LogP contribution in [0.3, 0.4) is 0 Å². The molecule has 1 aromatic carbocycles. The Hall–Kier alpha value is -0.670. The molecule has 0 aliphatic heterocycles. The first-order valence-corrected chi connectivity index (χ1v) is 8.16. The van der Waals surface area contributed by atoms with Gasteiger partial charge in [-0.3, -0.25) is 0 Å². The molecule has 3 heteroatoms. The second-order valence-corrected chi connectivity index (χ2v) is 6.38. The number of hydrogen-bond acceptors (Lipinski definition) is 3. The van der Waals surface area contributed by atoms with Crippen LogP contribution < -0.4 is 10.1 Å². The van der Waals surface area contributed by atoms with E-state index in [2.05, 4.69) is 51.2 Å². The molecule has 19 heavy (non-hydrogen) atoms. The van der Waals surface area contributed by atoms with Crippen molar-refractivity contribution in [2.75, 3.05) is 19.4 Å². The largest absolute Gasteiger partial charge is 0.496 e. The minimum absolute atomic E-state index is 0.360. The van der Waals surface area contributed by atoms with Gasteiger partial charge in [0.25, 0.3) is 0 Å². The maximum Gasteiger partial charge on any atom is 0.123 e. The van der Waals surface area contributed by atoms with E-state index in [4.69, 9.17) is 4.74 Å². The van der Waals surface area contributed by atoms with E-state index >= 15 is 0 Å². The highest BCUT2D eigenvalue weighted by atomic mass is 32.2.